The zero-order valence-electron chi connectivity index (χ0n) is 17.0. The number of halogens is 1. The molecular weight excluding hydrogens is 495 g/mol. The number of rotatable bonds is 9. The van der Waals surface area contributed by atoms with Gasteiger partial charge in [0.2, 0.25) is 0 Å². The van der Waals surface area contributed by atoms with Gasteiger partial charge in [0.05, 0.1) is 17.9 Å². The first-order chi connectivity index (χ1) is 13.8. The van der Waals surface area contributed by atoms with Crippen molar-refractivity contribution >= 4 is 41.3 Å². The van der Waals surface area contributed by atoms with E-state index in [9.17, 15) is 0 Å². The molecular formula is C21H29IN6S. The van der Waals surface area contributed by atoms with Gasteiger partial charge in [0.1, 0.15) is 0 Å². The van der Waals surface area contributed by atoms with Crippen molar-refractivity contribution in [1.82, 2.24) is 25.2 Å². The zero-order valence-corrected chi connectivity index (χ0v) is 20.1. The molecule has 0 saturated heterocycles. The molecule has 0 unspecified atom stereocenters. The number of hydrogen-bond donors (Lipinski definition) is 2. The van der Waals surface area contributed by atoms with E-state index in [2.05, 4.69) is 63.3 Å². The number of nitrogens with zero attached hydrogens (tertiary/aromatic N) is 4. The Labute approximate surface area is 193 Å². The first kappa shape index (κ1) is 23.3. The van der Waals surface area contributed by atoms with Gasteiger partial charge in [0, 0.05) is 49.5 Å². The molecule has 3 aromatic rings. The number of thiazole rings is 1. The molecule has 8 heteroatoms. The van der Waals surface area contributed by atoms with Gasteiger partial charge in [-0.3, -0.25) is 0 Å². The molecule has 0 amide bonds. The molecule has 2 N–H and O–H groups in total. The van der Waals surface area contributed by atoms with E-state index in [1.165, 1.54) is 21.0 Å². The van der Waals surface area contributed by atoms with Crippen LogP contribution in [-0.2, 0) is 25.9 Å². The summed E-state index contributed by atoms with van der Waals surface area (Å²) in [7, 11) is 0. The highest BCUT2D eigenvalue weighted by Crippen LogP contribution is 2.13. The maximum absolute atomic E-state index is 4.70. The number of benzene rings is 1. The molecule has 0 atom stereocenters. The molecule has 0 spiro atoms. The number of aliphatic imine (C=N–C) groups is 1. The summed E-state index contributed by atoms with van der Waals surface area (Å²) in [4.78, 5) is 14.6. The number of nitrogens with one attached hydrogen (secondary N) is 2. The summed E-state index contributed by atoms with van der Waals surface area (Å²) in [5.41, 5.74) is 2.45. The van der Waals surface area contributed by atoms with E-state index < -0.39 is 0 Å². The van der Waals surface area contributed by atoms with Crippen LogP contribution in [0.1, 0.15) is 34.9 Å². The van der Waals surface area contributed by atoms with Crippen molar-refractivity contribution < 1.29 is 0 Å². The third-order valence-corrected chi connectivity index (χ3v) is 5.49. The normalized spacial score (nSPS) is 11.2. The molecule has 0 radical (unpaired) electrons. The lowest BCUT2D eigenvalue weighted by Gasteiger charge is -2.11. The fraction of sp³-hybridized carbons (Fsp3) is 0.381. The fourth-order valence-corrected chi connectivity index (χ4v) is 3.63. The Morgan fingerprint density at radius 1 is 1.14 bits per heavy atom. The Morgan fingerprint density at radius 2 is 1.93 bits per heavy atom. The number of aromatic nitrogens is 3. The minimum Gasteiger partial charge on any atom is -0.357 e. The molecule has 6 nitrogen and oxygen atoms in total. The smallest absolute Gasteiger partial charge is 0.191 e. The largest absolute Gasteiger partial charge is 0.357 e. The summed E-state index contributed by atoms with van der Waals surface area (Å²) in [5, 5.41) is 7.89. The Kier molecular flexibility index (Phi) is 10.1. The fourth-order valence-electron chi connectivity index (χ4n) is 2.77. The van der Waals surface area contributed by atoms with Gasteiger partial charge in [-0.05, 0) is 24.5 Å². The highest BCUT2D eigenvalue weighted by atomic mass is 127. The summed E-state index contributed by atoms with van der Waals surface area (Å²) in [6, 6.07) is 8.58. The number of guanidine groups is 1. The van der Waals surface area contributed by atoms with Crippen molar-refractivity contribution in [3.63, 3.8) is 0 Å². The molecule has 156 valence electrons. The van der Waals surface area contributed by atoms with E-state index in [1.54, 1.807) is 17.5 Å². The molecule has 0 bridgehead atoms. The van der Waals surface area contributed by atoms with Crippen LogP contribution < -0.4 is 10.6 Å². The Bertz CT molecular complexity index is 858. The third kappa shape index (κ3) is 7.77. The molecule has 3 rings (SSSR count). The number of imidazole rings is 1. The van der Waals surface area contributed by atoms with Crippen LogP contribution in [0.2, 0.25) is 0 Å². The van der Waals surface area contributed by atoms with Gasteiger partial charge < -0.3 is 15.2 Å². The van der Waals surface area contributed by atoms with Crippen LogP contribution in [0.4, 0.5) is 0 Å². The van der Waals surface area contributed by atoms with E-state index in [4.69, 9.17) is 4.99 Å². The lowest BCUT2D eigenvalue weighted by molar-refractivity contribution is 0.793. The minimum atomic E-state index is 0. The molecule has 0 aliphatic heterocycles. The van der Waals surface area contributed by atoms with Crippen molar-refractivity contribution in [3.05, 3.63) is 70.2 Å². The standard InChI is InChI=1S/C21H28N6S.HI/c1-3-19-14-25-20(28-19)9-10-24-21(23-4-2)26-13-17-5-7-18(8-6-17)15-27-12-11-22-16-27;/h5-8,11-12,14,16H,3-4,9-10,13,15H2,1-2H3,(H2,23,24,26);1H. The Morgan fingerprint density at radius 3 is 2.59 bits per heavy atom. The number of hydrogen-bond acceptors (Lipinski definition) is 4. The molecule has 2 heterocycles. The van der Waals surface area contributed by atoms with Crippen LogP contribution in [0.5, 0.6) is 0 Å². The number of aryl methyl sites for hydroxylation is 1. The predicted molar refractivity (Wildman–Crippen MR) is 131 cm³/mol. The average Bonchev–Trinajstić information content (AvgIpc) is 3.39. The van der Waals surface area contributed by atoms with Crippen LogP contribution in [0.15, 0.2) is 54.2 Å². The Hall–Kier alpha value is -1.94. The van der Waals surface area contributed by atoms with Gasteiger partial charge in [-0.2, -0.15) is 0 Å². The summed E-state index contributed by atoms with van der Waals surface area (Å²) in [6.07, 6.45) is 9.56. The maximum atomic E-state index is 4.70. The molecule has 0 fully saturated rings. The lowest BCUT2D eigenvalue weighted by atomic mass is 10.1. The monoisotopic (exact) mass is 524 g/mol. The van der Waals surface area contributed by atoms with E-state index in [0.29, 0.717) is 6.54 Å². The molecule has 0 saturated carbocycles. The van der Waals surface area contributed by atoms with Crippen LogP contribution >= 0.6 is 35.3 Å². The molecule has 1 aromatic carbocycles. The van der Waals surface area contributed by atoms with E-state index in [1.807, 2.05) is 18.7 Å². The first-order valence-electron chi connectivity index (χ1n) is 9.76. The van der Waals surface area contributed by atoms with Crippen LogP contribution in [-0.4, -0.2) is 33.6 Å². The summed E-state index contributed by atoms with van der Waals surface area (Å²) in [5.74, 6) is 0.845. The van der Waals surface area contributed by atoms with Crippen molar-refractivity contribution in [1.29, 1.82) is 0 Å². The van der Waals surface area contributed by atoms with Gasteiger partial charge in [0.25, 0.3) is 0 Å². The van der Waals surface area contributed by atoms with Gasteiger partial charge in [-0.25, -0.2) is 15.0 Å². The Balaban J connectivity index is 0.00000300. The van der Waals surface area contributed by atoms with Gasteiger partial charge >= 0.3 is 0 Å². The second-order valence-corrected chi connectivity index (χ2v) is 7.70. The predicted octanol–water partition coefficient (Wildman–Crippen LogP) is 3.87. The highest BCUT2D eigenvalue weighted by molar-refractivity contribution is 14.0. The van der Waals surface area contributed by atoms with Gasteiger partial charge in [-0.1, -0.05) is 31.2 Å². The molecule has 0 aliphatic carbocycles. The van der Waals surface area contributed by atoms with Crippen molar-refractivity contribution in [2.24, 2.45) is 4.99 Å². The topological polar surface area (TPSA) is 67.1 Å². The third-order valence-electron chi connectivity index (χ3n) is 4.29. The quantitative estimate of drug-likeness (QED) is 0.254. The van der Waals surface area contributed by atoms with Crippen LogP contribution in [0.25, 0.3) is 0 Å². The second-order valence-electron chi connectivity index (χ2n) is 6.50. The summed E-state index contributed by atoms with van der Waals surface area (Å²) >= 11 is 1.79. The van der Waals surface area contributed by atoms with Crippen molar-refractivity contribution in [3.8, 4) is 0 Å². The SMILES string of the molecule is CCNC(=NCc1ccc(Cn2ccnc2)cc1)NCCc1ncc(CC)s1.I. The molecule has 0 aliphatic rings. The highest BCUT2D eigenvalue weighted by Gasteiger charge is 2.02. The van der Waals surface area contributed by atoms with Gasteiger partial charge in [0.15, 0.2) is 5.96 Å². The van der Waals surface area contributed by atoms with E-state index in [0.717, 1.165) is 38.4 Å². The average molecular weight is 524 g/mol. The van der Waals surface area contributed by atoms with E-state index >= 15 is 0 Å². The lowest BCUT2D eigenvalue weighted by Crippen LogP contribution is -2.38. The van der Waals surface area contributed by atoms with Crippen LogP contribution in [0.3, 0.4) is 0 Å². The zero-order chi connectivity index (χ0) is 19.6. The molecule has 29 heavy (non-hydrogen) atoms. The van der Waals surface area contributed by atoms with Crippen LogP contribution in [0, 0.1) is 0 Å². The second kappa shape index (κ2) is 12.6. The first-order valence-corrected chi connectivity index (χ1v) is 10.6. The molecule has 2 aromatic heterocycles. The van der Waals surface area contributed by atoms with Gasteiger partial charge in [-0.15, -0.1) is 35.3 Å². The van der Waals surface area contributed by atoms with E-state index in [-0.39, 0.29) is 24.0 Å². The minimum absolute atomic E-state index is 0. The summed E-state index contributed by atoms with van der Waals surface area (Å²) < 4.78 is 2.06. The van der Waals surface area contributed by atoms with Crippen molar-refractivity contribution in [2.75, 3.05) is 13.1 Å². The van der Waals surface area contributed by atoms with Crippen molar-refractivity contribution in [2.45, 2.75) is 39.8 Å². The summed E-state index contributed by atoms with van der Waals surface area (Å²) in [6.45, 7) is 7.40. The maximum Gasteiger partial charge on any atom is 0.191 e.